The summed E-state index contributed by atoms with van der Waals surface area (Å²) in [5, 5.41) is 3.32. The average Bonchev–Trinajstić information content (AvgIpc) is 2.53. The van der Waals surface area contributed by atoms with E-state index in [0.29, 0.717) is 12.4 Å². The summed E-state index contributed by atoms with van der Waals surface area (Å²) in [5.41, 5.74) is 0. The minimum atomic E-state index is 0.106. The molecule has 1 fully saturated rings. The van der Waals surface area contributed by atoms with Crippen LogP contribution in [0.1, 0.15) is 17.0 Å². The first-order valence-corrected chi connectivity index (χ1v) is 5.71. The maximum atomic E-state index is 12.0. The van der Waals surface area contributed by atoms with E-state index in [4.69, 9.17) is 0 Å². The SMILES string of the molecule is Cn1ccnc1C(=O)CN1CCCNCC1. The number of imidazole rings is 1. The third kappa shape index (κ3) is 2.68. The zero-order chi connectivity index (χ0) is 11.4. The molecule has 2 rings (SSSR count). The van der Waals surface area contributed by atoms with Crippen LogP contribution in [0.4, 0.5) is 0 Å². The standard InChI is InChI=1S/C11H18N4O/c1-14-7-5-13-11(14)10(16)9-15-6-2-3-12-4-8-15/h5,7,12H,2-4,6,8-9H2,1H3. The Bertz CT molecular complexity index is 353. The van der Waals surface area contributed by atoms with Gasteiger partial charge in [-0.3, -0.25) is 9.69 Å². The number of Topliss-reactive ketones (excluding diaryl/α,β-unsaturated/α-hetero) is 1. The van der Waals surface area contributed by atoms with Crippen molar-refractivity contribution in [2.24, 2.45) is 7.05 Å². The molecule has 16 heavy (non-hydrogen) atoms. The lowest BCUT2D eigenvalue weighted by Crippen LogP contribution is -2.33. The van der Waals surface area contributed by atoms with Crippen molar-refractivity contribution < 1.29 is 4.79 Å². The maximum absolute atomic E-state index is 12.0. The van der Waals surface area contributed by atoms with Gasteiger partial charge in [-0.1, -0.05) is 0 Å². The highest BCUT2D eigenvalue weighted by Crippen LogP contribution is 2.01. The van der Waals surface area contributed by atoms with Crippen LogP contribution in [0.5, 0.6) is 0 Å². The van der Waals surface area contributed by atoms with Gasteiger partial charge in [-0.25, -0.2) is 4.98 Å². The number of hydrogen-bond acceptors (Lipinski definition) is 4. The van der Waals surface area contributed by atoms with Gasteiger partial charge in [0.15, 0.2) is 5.82 Å². The van der Waals surface area contributed by atoms with E-state index in [2.05, 4.69) is 15.2 Å². The Morgan fingerprint density at radius 3 is 3.12 bits per heavy atom. The van der Waals surface area contributed by atoms with Gasteiger partial charge in [-0.2, -0.15) is 0 Å². The molecular weight excluding hydrogens is 204 g/mol. The minimum Gasteiger partial charge on any atom is -0.332 e. The number of nitrogens with zero attached hydrogens (tertiary/aromatic N) is 3. The first-order valence-electron chi connectivity index (χ1n) is 5.71. The molecule has 2 heterocycles. The number of carbonyl (C=O) groups is 1. The van der Waals surface area contributed by atoms with Crippen molar-refractivity contribution in [3.63, 3.8) is 0 Å². The molecular formula is C11H18N4O. The molecule has 1 aliphatic rings. The van der Waals surface area contributed by atoms with Crippen LogP contribution in [0.15, 0.2) is 12.4 Å². The Morgan fingerprint density at radius 2 is 2.38 bits per heavy atom. The van der Waals surface area contributed by atoms with E-state index >= 15 is 0 Å². The summed E-state index contributed by atoms with van der Waals surface area (Å²) in [7, 11) is 1.85. The van der Waals surface area contributed by atoms with Crippen molar-refractivity contribution in [3.8, 4) is 0 Å². The van der Waals surface area contributed by atoms with E-state index in [1.54, 1.807) is 17.0 Å². The smallest absolute Gasteiger partial charge is 0.212 e. The molecule has 5 heteroatoms. The number of carbonyl (C=O) groups excluding carboxylic acids is 1. The highest BCUT2D eigenvalue weighted by Gasteiger charge is 2.16. The normalized spacial score (nSPS) is 18.3. The van der Waals surface area contributed by atoms with Gasteiger partial charge in [-0.05, 0) is 19.5 Å². The van der Waals surface area contributed by atoms with Crippen LogP contribution in [-0.4, -0.2) is 53.0 Å². The predicted molar refractivity (Wildman–Crippen MR) is 61.5 cm³/mol. The van der Waals surface area contributed by atoms with Crippen molar-refractivity contribution in [1.29, 1.82) is 0 Å². The molecule has 1 aromatic rings. The molecule has 1 N–H and O–H groups in total. The molecule has 1 aliphatic heterocycles. The van der Waals surface area contributed by atoms with E-state index in [0.717, 1.165) is 32.6 Å². The molecule has 0 atom stereocenters. The third-order valence-electron chi connectivity index (χ3n) is 2.87. The van der Waals surface area contributed by atoms with Crippen molar-refractivity contribution in [1.82, 2.24) is 19.8 Å². The zero-order valence-electron chi connectivity index (χ0n) is 9.65. The summed E-state index contributed by atoms with van der Waals surface area (Å²) in [5.74, 6) is 0.659. The maximum Gasteiger partial charge on any atom is 0.212 e. The molecule has 1 aromatic heterocycles. The zero-order valence-corrected chi connectivity index (χ0v) is 9.65. The van der Waals surface area contributed by atoms with Crippen LogP contribution in [0, 0.1) is 0 Å². The molecule has 0 aromatic carbocycles. The average molecular weight is 222 g/mol. The topological polar surface area (TPSA) is 50.2 Å². The van der Waals surface area contributed by atoms with E-state index in [1.807, 2.05) is 7.05 Å². The predicted octanol–water partition coefficient (Wildman–Crippen LogP) is -0.102. The summed E-state index contributed by atoms with van der Waals surface area (Å²) >= 11 is 0. The van der Waals surface area contributed by atoms with Gasteiger partial charge in [-0.15, -0.1) is 0 Å². The lowest BCUT2D eigenvalue weighted by molar-refractivity contribution is 0.0921. The van der Waals surface area contributed by atoms with Gasteiger partial charge in [0.1, 0.15) is 0 Å². The van der Waals surface area contributed by atoms with Crippen molar-refractivity contribution in [2.45, 2.75) is 6.42 Å². The monoisotopic (exact) mass is 222 g/mol. The number of nitrogens with one attached hydrogen (secondary N) is 1. The number of aromatic nitrogens is 2. The van der Waals surface area contributed by atoms with Crippen molar-refractivity contribution in [3.05, 3.63) is 18.2 Å². The molecule has 0 amide bonds. The molecule has 0 aliphatic carbocycles. The quantitative estimate of drug-likeness (QED) is 0.726. The van der Waals surface area contributed by atoms with Crippen LogP contribution in [0.2, 0.25) is 0 Å². The Hall–Kier alpha value is -1.20. The van der Waals surface area contributed by atoms with Crippen molar-refractivity contribution in [2.75, 3.05) is 32.7 Å². The van der Waals surface area contributed by atoms with Crippen LogP contribution in [-0.2, 0) is 7.05 Å². The number of aryl methyl sites for hydroxylation is 1. The Kier molecular flexibility index (Phi) is 3.69. The van der Waals surface area contributed by atoms with Gasteiger partial charge in [0.25, 0.3) is 0 Å². The van der Waals surface area contributed by atoms with Gasteiger partial charge in [0.05, 0.1) is 6.54 Å². The molecule has 0 saturated carbocycles. The molecule has 0 spiro atoms. The van der Waals surface area contributed by atoms with Crippen LogP contribution < -0.4 is 5.32 Å². The fourth-order valence-corrected chi connectivity index (χ4v) is 1.97. The van der Waals surface area contributed by atoms with Gasteiger partial charge in [0.2, 0.25) is 5.78 Å². The lowest BCUT2D eigenvalue weighted by atomic mass is 10.3. The first-order chi connectivity index (χ1) is 7.77. The van der Waals surface area contributed by atoms with Gasteiger partial charge >= 0.3 is 0 Å². The highest BCUT2D eigenvalue weighted by molar-refractivity contribution is 5.94. The van der Waals surface area contributed by atoms with E-state index in [-0.39, 0.29) is 5.78 Å². The molecule has 0 unspecified atom stereocenters. The van der Waals surface area contributed by atoms with E-state index in [1.165, 1.54) is 0 Å². The Balaban J connectivity index is 1.93. The Morgan fingerprint density at radius 1 is 1.50 bits per heavy atom. The summed E-state index contributed by atoms with van der Waals surface area (Å²) in [4.78, 5) is 18.2. The number of ketones is 1. The fraction of sp³-hybridized carbons (Fsp3) is 0.636. The minimum absolute atomic E-state index is 0.106. The van der Waals surface area contributed by atoms with Crippen LogP contribution in [0.25, 0.3) is 0 Å². The second-order valence-electron chi connectivity index (χ2n) is 4.16. The first kappa shape index (κ1) is 11.3. The summed E-state index contributed by atoms with van der Waals surface area (Å²) < 4.78 is 1.78. The Labute approximate surface area is 95.5 Å². The third-order valence-corrected chi connectivity index (χ3v) is 2.87. The summed E-state index contributed by atoms with van der Waals surface area (Å²) in [6, 6.07) is 0. The molecule has 0 bridgehead atoms. The van der Waals surface area contributed by atoms with E-state index < -0.39 is 0 Å². The molecule has 1 saturated heterocycles. The number of hydrogen-bond donors (Lipinski definition) is 1. The summed E-state index contributed by atoms with van der Waals surface area (Å²) in [6.45, 7) is 4.42. The second kappa shape index (κ2) is 5.23. The second-order valence-corrected chi connectivity index (χ2v) is 4.16. The largest absolute Gasteiger partial charge is 0.332 e. The van der Waals surface area contributed by atoms with Gasteiger partial charge in [0, 0.05) is 32.5 Å². The molecule has 88 valence electrons. The van der Waals surface area contributed by atoms with Gasteiger partial charge < -0.3 is 9.88 Å². The molecule has 0 radical (unpaired) electrons. The highest BCUT2D eigenvalue weighted by atomic mass is 16.1. The molecule has 5 nitrogen and oxygen atoms in total. The number of rotatable bonds is 3. The van der Waals surface area contributed by atoms with Crippen molar-refractivity contribution >= 4 is 5.78 Å². The fourth-order valence-electron chi connectivity index (χ4n) is 1.97. The van der Waals surface area contributed by atoms with Crippen LogP contribution in [0.3, 0.4) is 0 Å². The summed E-state index contributed by atoms with van der Waals surface area (Å²) in [6.07, 6.45) is 4.57. The van der Waals surface area contributed by atoms with E-state index in [9.17, 15) is 4.79 Å². The van der Waals surface area contributed by atoms with Crippen LogP contribution >= 0.6 is 0 Å². The lowest BCUT2D eigenvalue weighted by Gasteiger charge is -2.17.